The van der Waals surface area contributed by atoms with Gasteiger partial charge >= 0.3 is 0 Å². The van der Waals surface area contributed by atoms with E-state index >= 15 is 0 Å². The summed E-state index contributed by atoms with van der Waals surface area (Å²) in [5, 5.41) is 9.80. The predicted octanol–water partition coefficient (Wildman–Crippen LogP) is 3.32. The van der Waals surface area contributed by atoms with Gasteiger partial charge in [0.15, 0.2) is 0 Å². The van der Waals surface area contributed by atoms with E-state index in [2.05, 4.69) is 20.8 Å². The topological polar surface area (TPSA) is 20.2 Å². The fourth-order valence-electron chi connectivity index (χ4n) is 1.14. The molecule has 0 amide bonds. The van der Waals surface area contributed by atoms with E-state index in [0.717, 1.165) is 5.56 Å². The molecule has 1 aromatic carbocycles. The van der Waals surface area contributed by atoms with Gasteiger partial charge in [0.2, 0.25) is 0 Å². The summed E-state index contributed by atoms with van der Waals surface area (Å²) in [6.45, 7) is 6.34. The van der Waals surface area contributed by atoms with Gasteiger partial charge in [0.1, 0.15) is 0 Å². The molecule has 0 aromatic heterocycles. The van der Waals surface area contributed by atoms with Gasteiger partial charge in [-0.05, 0) is 11.0 Å². The molecule has 1 rings (SSSR count). The molecule has 0 saturated carbocycles. The van der Waals surface area contributed by atoms with Crippen LogP contribution in [0.15, 0.2) is 42.5 Å². The molecule has 1 atom stereocenters. The molecular formula is C13H18O. The average Bonchev–Trinajstić information content (AvgIpc) is 2.14. The van der Waals surface area contributed by atoms with E-state index in [-0.39, 0.29) is 5.41 Å². The molecule has 0 saturated heterocycles. The summed E-state index contributed by atoms with van der Waals surface area (Å²) in [4.78, 5) is 0. The first kappa shape index (κ1) is 11.0. The Morgan fingerprint density at radius 1 is 1.14 bits per heavy atom. The molecule has 1 nitrogen and oxygen atoms in total. The Bertz CT molecular complexity index is 293. The highest BCUT2D eigenvalue weighted by molar-refractivity contribution is 5.21. The van der Waals surface area contributed by atoms with Crippen molar-refractivity contribution in [3.8, 4) is 0 Å². The third kappa shape index (κ3) is 3.75. The second kappa shape index (κ2) is 4.43. The molecule has 14 heavy (non-hydrogen) atoms. The number of hydrogen-bond acceptors (Lipinski definition) is 1. The average molecular weight is 190 g/mol. The smallest absolute Gasteiger partial charge is 0.0971 e. The van der Waals surface area contributed by atoms with Gasteiger partial charge in [0.05, 0.1) is 6.10 Å². The lowest BCUT2D eigenvalue weighted by molar-refractivity contribution is 0.227. The van der Waals surface area contributed by atoms with Crippen molar-refractivity contribution < 1.29 is 5.11 Å². The van der Waals surface area contributed by atoms with Crippen molar-refractivity contribution in [2.45, 2.75) is 26.9 Å². The first-order valence-electron chi connectivity index (χ1n) is 4.91. The van der Waals surface area contributed by atoms with Crippen LogP contribution in [0.2, 0.25) is 0 Å². The molecule has 0 aliphatic rings. The molecule has 0 radical (unpaired) electrons. The highest BCUT2D eigenvalue weighted by Crippen LogP contribution is 2.19. The summed E-state index contributed by atoms with van der Waals surface area (Å²) in [6, 6.07) is 9.67. The molecule has 0 bridgehead atoms. The molecule has 0 unspecified atom stereocenters. The van der Waals surface area contributed by atoms with Crippen molar-refractivity contribution in [3.05, 3.63) is 48.0 Å². The molecule has 1 aromatic rings. The van der Waals surface area contributed by atoms with Gasteiger partial charge in [0.25, 0.3) is 0 Å². The number of allylic oxidation sites excluding steroid dienone is 1. The van der Waals surface area contributed by atoms with Gasteiger partial charge < -0.3 is 5.11 Å². The fraction of sp³-hybridized carbons (Fsp3) is 0.385. The van der Waals surface area contributed by atoms with E-state index in [9.17, 15) is 5.11 Å². The second-order valence-electron chi connectivity index (χ2n) is 4.58. The van der Waals surface area contributed by atoms with Crippen LogP contribution in [0.5, 0.6) is 0 Å². The summed E-state index contributed by atoms with van der Waals surface area (Å²) >= 11 is 0. The summed E-state index contributed by atoms with van der Waals surface area (Å²) in [6.07, 6.45) is 3.38. The number of hydrogen-bond donors (Lipinski definition) is 1. The minimum absolute atomic E-state index is 0.121. The lowest BCUT2D eigenvalue weighted by Gasteiger charge is -2.13. The zero-order chi connectivity index (χ0) is 10.6. The van der Waals surface area contributed by atoms with E-state index < -0.39 is 6.10 Å². The number of aliphatic hydroxyl groups is 1. The van der Waals surface area contributed by atoms with E-state index in [1.54, 1.807) is 0 Å². The van der Waals surface area contributed by atoms with E-state index in [0.29, 0.717) is 0 Å². The van der Waals surface area contributed by atoms with Crippen LogP contribution in [0.1, 0.15) is 32.4 Å². The third-order valence-electron chi connectivity index (χ3n) is 1.92. The van der Waals surface area contributed by atoms with Gasteiger partial charge in [-0.25, -0.2) is 0 Å². The van der Waals surface area contributed by atoms with Crippen LogP contribution >= 0.6 is 0 Å². The standard InChI is InChI=1S/C13H18O/c1-13(2,3)10-9-12(14)11-7-5-4-6-8-11/h4-10,12,14H,1-3H3/b10-9+/t12-/m1/s1. The SMILES string of the molecule is CC(C)(C)/C=C/[C@@H](O)c1ccccc1. The lowest BCUT2D eigenvalue weighted by Crippen LogP contribution is -2.01. The minimum atomic E-state index is -0.490. The molecule has 1 heteroatoms. The molecule has 0 heterocycles. The Morgan fingerprint density at radius 3 is 2.21 bits per heavy atom. The maximum atomic E-state index is 9.80. The lowest BCUT2D eigenvalue weighted by atomic mass is 9.95. The first-order chi connectivity index (χ1) is 6.49. The van der Waals surface area contributed by atoms with Crippen LogP contribution in [0.25, 0.3) is 0 Å². The Labute approximate surface area is 86.1 Å². The number of aliphatic hydroxyl groups excluding tert-OH is 1. The zero-order valence-electron chi connectivity index (χ0n) is 9.07. The van der Waals surface area contributed by atoms with Crippen LogP contribution in [-0.2, 0) is 0 Å². The van der Waals surface area contributed by atoms with Crippen LogP contribution in [0, 0.1) is 5.41 Å². The van der Waals surface area contributed by atoms with Crippen molar-refractivity contribution >= 4 is 0 Å². The highest BCUT2D eigenvalue weighted by Gasteiger charge is 2.07. The Kier molecular flexibility index (Phi) is 3.48. The summed E-state index contributed by atoms with van der Waals surface area (Å²) < 4.78 is 0. The van der Waals surface area contributed by atoms with Crippen LogP contribution in [-0.4, -0.2) is 5.11 Å². The number of rotatable bonds is 2. The first-order valence-corrected chi connectivity index (χ1v) is 4.91. The second-order valence-corrected chi connectivity index (χ2v) is 4.58. The predicted molar refractivity (Wildman–Crippen MR) is 60.0 cm³/mol. The van der Waals surface area contributed by atoms with E-state index in [1.165, 1.54) is 0 Å². The van der Waals surface area contributed by atoms with E-state index in [1.807, 2.05) is 42.5 Å². The van der Waals surface area contributed by atoms with Crippen molar-refractivity contribution in [3.63, 3.8) is 0 Å². The van der Waals surface area contributed by atoms with Crippen molar-refractivity contribution in [2.75, 3.05) is 0 Å². The molecule has 0 aliphatic carbocycles. The third-order valence-corrected chi connectivity index (χ3v) is 1.92. The molecule has 1 N–H and O–H groups in total. The summed E-state index contributed by atoms with van der Waals surface area (Å²) in [5.41, 5.74) is 1.06. The van der Waals surface area contributed by atoms with Crippen molar-refractivity contribution in [1.29, 1.82) is 0 Å². The van der Waals surface area contributed by atoms with Gasteiger partial charge in [-0.3, -0.25) is 0 Å². The van der Waals surface area contributed by atoms with Gasteiger partial charge in [-0.15, -0.1) is 0 Å². The minimum Gasteiger partial charge on any atom is -0.384 e. The molecular weight excluding hydrogens is 172 g/mol. The molecule has 0 spiro atoms. The summed E-state index contributed by atoms with van der Waals surface area (Å²) in [7, 11) is 0. The molecule has 0 fully saturated rings. The molecule has 76 valence electrons. The highest BCUT2D eigenvalue weighted by atomic mass is 16.3. The van der Waals surface area contributed by atoms with Crippen molar-refractivity contribution in [1.82, 2.24) is 0 Å². The summed E-state index contributed by atoms with van der Waals surface area (Å²) in [5.74, 6) is 0. The van der Waals surface area contributed by atoms with Crippen molar-refractivity contribution in [2.24, 2.45) is 5.41 Å². The van der Waals surface area contributed by atoms with Gasteiger partial charge in [0, 0.05) is 0 Å². The normalized spacial score (nSPS) is 14.6. The maximum Gasteiger partial charge on any atom is 0.0971 e. The largest absolute Gasteiger partial charge is 0.384 e. The van der Waals surface area contributed by atoms with Crippen LogP contribution in [0.3, 0.4) is 0 Å². The number of benzene rings is 1. The van der Waals surface area contributed by atoms with Gasteiger partial charge in [-0.1, -0.05) is 63.3 Å². The monoisotopic (exact) mass is 190 g/mol. The maximum absolute atomic E-state index is 9.80. The van der Waals surface area contributed by atoms with E-state index in [4.69, 9.17) is 0 Å². The molecule has 0 aliphatic heterocycles. The van der Waals surface area contributed by atoms with Gasteiger partial charge in [-0.2, -0.15) is 0 Å². The zero-order valence-corrected chi connectivity index (χ0v) is 9.07. The van der Waals surface area contributed by atoms with Crippen LogP contribution in [0.4, 0.5) is 0 Å². The quantitative estimate of drug-likeness (QED) is 0.709. The Hall–Kier alpha value is -1.08. The Balaban J connectivity index is 2.69. The Morgan fingerprint density at radius 2 is 1.71 bits per heavy atom. The fourth-order valence-corrected chi connectivity index (χ4v) is 1.14. The van der Waals surface area contributed by atoms with Crippen LogP contribution < -0.4 is 0 Å².